The number of aliphatic hydroxyl groups excluding tert-OH is 1. The van der Waals surface area contributed by atoms with Gasteiger partial charge in [-0.2, -0.15) is 0 Å². The Morgan fingerprint density at radius 1 is 0.926 bits per heavy atom. The van der Waals surface area contributed by atoms with Gasteiger partial charge >= 0.3 is 25.5 Å². The van der Waals surface area contributed by atoms with E-state index >= 15 is 0 Å². The van der Waals surface area contributed by atoms with Crippen LogP contribution in [0.25, 0.3) is 0 Å². The van der Waals surface area contributed by atoms with Crippen molar-refractivity contribution >= 4 is 27.8 Å². The molecule has 16 nitrogen and oxygen atoms in total. The van der Waals surface area contributed by atoms with Crippen molar-refractivity contribution in [2.24, 2.45) is 0 Å². The number of carbonyl (C=O) groups excluding carboxylic acids is 2. The topological polar surface area (TPSA) is 200 Å². The van der Waals surface area contributed by atoms with E-state index in [0.29, 0.717) is 11.8 Å². The lowest BCUT2D eigenvalue weighted by Gasteiger charge is -2.28. The van der Waals surface area contributed by atoms with E-state index < -0.39 is 74.4 Å². The van der Waals surface area contributed by atoms with Gasteiger partial charge in [-0.05, 0) is 55.8 Å². The normalized spacial score (nSPS) is 19.5. The molecule has 2 heterocycles. The number of aromatic nitrogens is 2. The third kappa shape index (κ3) is 10.2. The zero-order valence-corrected chi connectivity index (χ0v) is 29.9. The minimum Gasteiger partial charge on any atom is -0.512 e. The minimum absolute atomic E-state index is 0.00304. The molecule has 0 spiro atoms. The van der Waals surface area contributed by atoms with Crippen molar-refractivity contribution in [2.75, 3.05) is 19.8 Å². The largest absolute Gasteiger partial charge is 0.530 e. The molecule has 0 bridgehead atoms. The lowest BCUT2D eigenvalue weighted by molar-refractivity contribution is -0.0636. The molecular weight excluding hydrogens is 726 g/mol. The Kier molecular flexibility index (Phi) is 13.3. The van der Waals surface area contributed by atoms with Gasteiger partial charge in [0.25, 0.3) is 13.6 Å². The number of esters is 2. The van der Waals surface area contributed by atoms with Crippen LogP contribution in [-0.2, 0) is 42.8 Å². The molecule has 4 aromatic rings. The standard InChI is InChI=1S/C36H36BN2O14P/c1-36(2,53-37)26-13-15-27(16-14-26)51-54(45,48-22-21-46-20-19-40)52-30-28(23-47-33(42)24-9-5-3-6-10-24)49-32(39-18-17-29(41)38-35(39)44)31(30)50-34(43)25-11-7-4-8-12-25/h3-20,28,30-32,40H,21-23H2,1-2H3,(H,38,41,44)/b20-19+. The third-order valence-electron chi connectivity index (χ3n) is 7.97. The van der Waals surface area contributed by atoms with Gasteiger partial charge in [0.1, 0.15) is 43.7 Å². The third-order valence-corrected chi connectivity index (χ3v) is 9.41. The molecule has 3 aromatic carbocycles. The van der Waals surface area contributed by atoms with E-state index in [9.17, 15) is 23.7 Å². The second-order valence-electron chi connectivity index (χ2n) is 12.0. The maximum absolute atomic E-state index is 14.6. The van der Waals surface area contributed by atoms with Crippen LogP contribution in [0.15, 0.2) is 119 Å². The van der Waals surface area contributed by atoms with Crippen LogP contribution in [0, 0.1) is 0 Å². The van der Waals surface area contributed by atoms with Gasteiger partial charge in [0.05, 0.1) is 23.3 Å². The summed E-state index contributed by atoms with van der Waals surface area (Å²) in [5.74, 6) is -1.64. The number of phosphoric ester groups is 1. The van der Waals surface area contributed by atoms with E-state index in [1.54, 1.807) is 62.4 Å². The Morgan fingerprint density at radius 3 is 2.19 bits per heavy atom. The summed E-state index contributed by atoms with van der Waals surface area (Å²) in [6, 6.07) is 23.0. The van der Waals surface area contributed by atoms with Crippen LogP contribution in [0.2, 0.25) is 0 Å². The number of benzene rings is 3. The molecule has 0 saturated carbocycles. The van der Waals surface area contributed by atoms with Crippen molar-refractivity contribution in [2.45, 2.75) is 44.0 Å². The quantitative estimate of drug-likeness (QED) is 0.0501. The first-order valence-electron chi connectivity index (χ1n) is 16.4. The van der Waals surface area contributed by atoms with Crippen LogP contribution in [0.5, 0.6) is 5.75 Å². The first-order valence-corrected chi connectivity index (χ1v) is 17.9. The Bertz CT molecular complexity index is 2060. The number of H-pyrrole nitrogens is 1. The smallest absolute Gasteiger partial charge is 0.512 e. The zero-order valence-electron chi connectivity index (χ0n) is 29.0. The second-order valence-corrected chi connectivity index (χ2v) is 13.6. The molecule has 5 unspecified atom stereocenters. The number of nitrogens with zero attached hydrogens (tertiary/aromatic N) is 1. The molecule has 1 aromatic heterocycles. The van der Waals surface area contributed by atoms with Crippen LogP contribution in [0.4, 0.5) is 0 Å². The summed E-state index contributed by atoms with van der Waals surface area (Å²) in [7, 11) is 0.622. The first kappa shape index (κ1) is 39.8. The van der Waals surface area contributed by atoms with Crippen LogP contribution >= 0.6 is 7.82 Å². The maximum Gasteiger partial charge on any atom is 0.530 e. The summed E-state index contributed by atoms with van der Waals surface area (Å²) in [6.07, 6.45) is -3.45. The number of carbonyl (C=O) groups is 2. The molecule has 282 valence electrons. The number of hydrogen-bond donors (Lipinski definition) is 2. The molecule has 1 aliphatic rings. The lowest BCUT2D eigenvalue weighted by Crippen LogP contribution is -2.42. The van der Waals surface area contributed by atoms with E-state index in [-0.39, 0.29) is 23.5 Å². The van der Waals surface area contributed by atoms with Crippen molar-refractivity contribution in [1.82, 2.24) is 9.55 Å². The highest BCUT2D eigenvalue weighted by Gasteiger charge is 2.53. The monoisotopic (exact) mass is 762 g/mol. The highest BCUT2D eigenvalue weighted by Crippen LogP contribution is 2.53. The van der Waals surface area contributed by atoms with Crippen LogP contribution in [0.3, 0.4) is 0 Å². The Labute approximate surface area is 310 Å². The lowest BCUT2D eigenvalue weighted by atomic mass is 9.97. The molecule has 1 saturated heterocycles. The Morgan fingerprint density at radius 2 is 1.57 bits per heavy atom. The molecule has 1 aliphatic heterocycles. The van der Waals surface area contributed by atoms with Gasteiger partial charge in [-0.15, -0.1) is 0 Å². The number of aromatic amines is 1. The van der Waals surface area contributed by atoms with Crippen molar-refractivity contribution in [3.05, 3.63) is 147 Å². The second kappa shape index (κ2) is 18.1. The Balaban J connectivity index is 1.54. The number of nitrogens with one attached hydrogen (secondary N) is 1. The molecular formula is C36H36BN2O14P. The fourth-order valence-corrected chi connectivity index (χ4v) is 6.57. The highest BCUT2D eigenvalue weighted by atomic mass is 31.2. The van der Waals surface area contributed by atoms with E-state index in [4.69, 9.17) is 50.3 Å². The van der Waals surface area contributed by atoms with E-state index in [1.165, 1.54) is 36.4 Å². The predicted molar refractivity (Wildman–Crippen MR) is 191 cm³/mol. The van der Waals surface area contributed by atoms with E-state index in [1.807, 2.05) is 0 Å². The number of hydrogen-bond acceptors (Lipinski definition) is 14. The number of phosphoric acid groups is 1. The van der Waals surface area contributed by atoms with Gasteiger partial charge in [0.15, 0.2) is 12.3 Å². The summed E-state index contributed by atoms with van der Waals surface area (Å²) < 4.78 is 60.9. The molecule has 2 radical (unpaired) electrons. The summed E-state index contributed by atoms with van der Waals surface area (Å²) in [6.45, 7) is 2.25. The summed E-state index contributed by atoms with van der Waals surface area (Å²) in [5, 5.41) is 8.93. The molecule has 18 heteroatoms. The summed E-state index contributed by atoms with van der Waals surface area (Å²) >= 11 is 0. The minimum atomic E-state index is -4.81. The fourth-order valence-electron chi connectivity index (χ4n) is 5.18. The molecule has 54 heavy (non-hydrogen) atoms. The predicted octanol–water partition coefficient (Wildman–Crippen LogP) is 4.49. The van der Waals surface area contributed by atoms with Crippen LogP contribution in [-0.4, -0.2) is 72.8 Å². The van der Waals surface area contributed by atoms with Crippen molar-refractivity contribution in [3.8, 4) is 5.75 Å². The summed E-state index contributed by atoms with van der Waals surface area (Å²) in [5.41, 5.74) is -1.59. The SMILES string of the molecule is [B]OC(C)(C)c1ccc(OP(=O)(OCCO/C=C/O)OC2C(COC(=O)c3ccccc3)OC(n3ccc(=O)[nH]c3=O)C2OC(=O)c2ccccc2)cc1. The molecule has 0 amide bonds. The van der Waals surface area contributed by atoms with Crippen LogP contribution in [0.1, 0.15) is 46.4 Å². The van der Waals surface area contributed by atoms with Crippen molar-refractivity contribution in [1.29, 1.82) is 0 Å². The fraction of sp³-hybridized carbons (Fsp3) is 0.278. The molecule has 5 rings (SSSR count). The van der Waals surface area contributed by atoms with Crippen LogP contribution < -0.4 is 15.8 Å². The molecule has 2 N–H and O–H groups in total. The van der Waals surface area contributed by atoms with Gasteiger partial charge in [-0.3, -0.25) is 23.4 Å². The van der Waals surface area contributed by atoms with E-state index in [2.05, 4.69) is 4.98 Å². The molecule has 0 aliphatic carbocycles. The Hall–Kier alpha value is -5.45. The van der Waals surface area contributed by atoms with Gasteiger partial charge < -0.3 is 33.2 Å². The number of aliphatic hydroxyl groups is 1. The number of ether oxygens (including phenoxy) is 4. The molecule has 5 atom stereocenters. The van der Waals surface area contributed by atoms with Gasteiger partial charge in [-0.25, -0.2) is 18.9 Å². The van der Waals surface area contributed by atoms with E-state index in [0.717, 1.165) is 23.1 Å². The van der Waals surface area contributed by atoms with Gasteiger partial charge in [0.2, 0.25) is 0 Å². The number of rotatable bonds is 17. The average molecular weight is 762 g/mol. The zero-order chi connectivity index (χ0) is 38.7. The highest BCUT2D eigenvalue weighted by molar-refractivity contribution is 7.49. The first-order chi connectivity index (χ1) is 25.9. The molecule has 1 fully saturated rings. The average Bonchev–Trinajstić information content (AvgIpc) is 3.49. The van der Waals surface area contributed by atoms with Crippen molar-refractivity contribution < 1.29 is 56.4 Å². The summed E-state index contributed by atoms with van der Waals surface area (Å²) in [4.78, 5) is 53.7. The van der Waals surface area contributed by atoms with Crippen molar-refractivity contribution in [3.63, 3.8) is 0 Å². The maximum atomic E-state index is 14.6. The van der Waals surface area contributed by atoms with Gasteiger partial charge in [-0.1, -0.05) is 48.5 Å². The van der Waals surface area contributed by atoms with Gasteiger partial charge in [0, 0.05) is 12.3 Å².